The fourth-order valence-corrected chi connectivity index (χ4v) is 1.49. The summed E-state index contributed by atoms with van der Waals surface area (Å²) >= 11 is 0. The van der Waals surface area contributed by atoms with E-state index in [9.17, 15) is 9.18 Å². The van der Waals surface area contributed by atoms with Gasteiger partial charge in [0.15, 0.2) is 0 Å². The van der Waals surface area contributed by atoms with Crippen molar-refractivity contribution in [1.29, 1.82) is 0 Å². The zero-order chi connectivity index (χ0) is 12.8. The minimum absolute atomic E-state index is 0.0160. The van der Waals surface area contributed by atoms with Crippen LogP contribution in [0, 0.1) is 5.82 Å². The summed E-state index contributed by atoms with van der Waals surface area (Å²) in [5.74, 6) is -0.774. The lowest BCUT2D eigenvalue weighted by Gasteiger charge is -2.14. The zero-order valence-electron chi connectivity index (χ0n) is 9.87. The Balaban J connectivity index is 2.62. The van der Waals surface area contributed by atoms with E-state index in [2.05, 4.69) is 5.32 Å². The van der Waals surface area contributed by atoms with Gasteiger partial charge in [-0.25, -0.2) is 4.39 Å². The van der Waals surface area contributed by atoms with Gasteiger partial charge >= 0.3 is 5.97 Å². The molecular weight excluding hydrogens is 225 g/mol. The topological polar surface area (TPSA) is 58.6 Å². The molecular formula is C12H16FNO3. The molecule has 0 aromatic heterocycles. The molecule has 0 aliphatic rings. The maximum atomic E-state index is 13.6. The van der Waals surface area contributed by atoms with Gasteiger partial charge in [-0.05, 0) is 13.0 Å². The van der Waals surface area contributed by atoms with Gasteiger partial charge < -0.3 is 15.2 Å². The second kappa shape index (κ2) is 6.20. The molecule has 0 radical (unpaired) electrons. The van der Waals surface area contributed by atoms with Gasteiger partial charge in [-0.15, -0.1) is 0 Å². The molecule has 0 amide bonds. The number of ether oxygens (including phenoxy) is 1. The summed E-state index contributed by atoms with van der Waals surface area (Å²) in [5, 5.41) is 11.4. The van der Waals surface area contributed by atoms with Crippen LogP contribution in [0.25, 0.3) is 0 Å². The van der Waals surface area contributed by atoms with Gasteiger partial charge in [0.2, 0.25) is 0 Å². The minimum Gasteiger partial charge on any atom is -0.497 e. The normalized spacial score (nSPS) is 12.2. The Morgan fingerprint density at radius 1 is 1.59 bits per heavy atom. The Bertz CT molecular complexity index is 395. The molecule has 5 heteroatoms. The molecule has 4 nitrogen and oxygen atoms in total. The van der Waals surface area contributed by atoms with Crippen LogP contribution in [0.2, 0.25) is 0 Å². The van der Waals surface area contributed by atoms with E-state index in [4.69, 9.17) is 9.84 Å². The van der Waals surface area contributed by atoms with E-state index in [0.717, 1.165) is 0 Å². The van der Waals surface area contributed by atoms with Crippen molar-refractivity contribution in [2.75, 3.05) is 13.7 Å². The van der Waals surface area contributed by atoms with Gasteiger partial charge in [-0.2, -0.15) is 0 Å². The van der Waals surface area contributed by atoms with Crippen molar-refractivity contribution in [1.82, 2.24) is 5.32 Å². The van der Waals surface area contributed by atoms with Crippen molar-refractivity contribution < 1.29 is 19.0 Å². The molecule has 0 aliphatic carbocycles. The van der Waals surface area contributed by atoms with Crippen LogP contribution in [0.5, 0.6) is 5.75 Å². The van der Waals surface area contributed by atoms with Gasteiger partial charge in [-0.3, -0.25) is 4.79 Å². The van der Waals surface area contributed by atoms with Crippen LogP contribution in [-0.2, 0) is 4.79 Å². The highest BCUT2D eigenvalue weighted by Gasteiger charge is 2.11. The van der Waals surface area contributed by atoms with E-state index in [1.165, 1.54) is 13.2 Å². The Kier molecular flexibility index (Phi) is 4.90. The highest BCUT2D eigenvalue weighted by Crippen LogP contribution is 2.21. The molecule has 0 heterocycles. The summed E-state index contributed by atoms with van der Waals surface area (Å²) in [6.07, 6.45) is 0.0160. The number of benzene rings is 1. The predicted molar refractivity (Wildman–Crippen MR) is 61.6 cm³/mol. The van der Waals surface area contributed by atoms with E-state index in [1.54, 1.807) is 19.1 Å². The molecule has 1 rings (SSSR count). The number of carbonyl (C=O) groups is 1. The van der Waals surface area contributed by atoms with Crippen LogP contribution in [0.1, 0.15) is 24.9 Å². The number of carboxylic acids is 1. The van der Waals surface area contributed by atoms with Crippen molar-refractivity contribution in [3.05, 3.63) is 29.6 Å². The molecule has 0 spiro atoms. The smallest absolute Gasteiger partial charge is 0.304 e. The van der Waals surface area contributed by atoms with E-state index >= 15 is 0 Å². The Labute approximate surface area is 99.4 Å². The maximum Gasteiger partial charge on any atom is 0.304 e. The summed E-state index contributed by atoms with van der Waals surface area (Å²) in [4.78, 5) is 10.3. The summed E-state index contributed by atoms with van der Waals surface area (Å²) in [5.41, 5.74) is 0.496. The zero-order valence-corrected chi connectivity index (χ0v) is 9.87. The van der Waals surface area contributed by atoms with Gasteiger partial charge in [0, 0.05) is 24.2 Å². The molecule has 0 aliphatic heterocycles. The molecule has 0 saturated heterocycles. The first-order chi connectivity index (χ1) is 8.04. The first kappa shape index (κ1) is 13.4. The number of hydrogen-bond acceptors (Lipinski definition) is 3. The van der Waals surface area contributed by atoms with Crippen LogP contribution in [0.15, 0.2) is 18.2 Å². The lowest BCUT2D eigenvalue weighted by Crippen LogP contribution is -2.22. The fourth-order valence-electron chi connectivity index (χ4n) is 1.49. The third-order valence-electron chi connectivity index (χ3n) is 2.46. The summed E-state index contributed by atoms with van der Waals surface area (Å²) in [6.45, 7) is 2.09. The van der Waals surface area contributed by atoms with Crippen LogP contribution >= 0.6 is 0 Å². The van der Waals surface area contributed by atoms with Crippen LogP contribution < -0.4 is 10.1 Å². The largest absolute Gasteiger partial charge is 0.497 e. The predicted octanol–water partition coefficient (Wildman–Crippen LogP) is 1.96. The lowest BCUT2D eigenvalue weighted by atomic mass is 10.1. The molecule has 2 N–H and O–H groups in total. The molecule has 1 atom stereocenters. The summed E-state index contributed by atoms with van der Waals surface area (Å²) in [7, 11) is 1.48. The van der Waals surface area contributed by atoms with E-state index in [0.29, 0.717) is 17.9 Å². The average Bonchev–Trinajstić information content (AvgIpc) is 2.28. The van der Waals surface area contributed by atoms with Gasteiger partial charge in [0.05, 0.1) is 13.5 Å². The SMILES string of the molecule is COc1ccc(C(C)NCCC(=O)O)c(F)c1. The van der Waals surface area contributed by atoms with Gasteiger partial charge in [0.1, 0.15) is 11.6 Å². The third kappa shape index (κ3) is 4.03. The van der Waals surface area contributed by atoms with Crippen molar-refractivity contribution in [3.8, 4) is 5.75 Å². The fraction of sp³-hybridized carbons (Fsp3) is 0.417. The van der Waals surface area contributed by atoms with Crippen LogP contribution in [0.4, 0.5) is 4.39 Å². The lowest BCUT2D eigenvalue weighted by molar-refractivity contribution is -0.136. The quantitative estimate of drug-likeness (QED) is 0.799. The molecule has 0 bridgehead atoms. The van der Waals surface area contributed by atoms with Crippen molar-refractivity contribution in [2.45, 2.75) is 19.4 Å². The second-order valence-corrected chi connectivity index (χ2v) is 3.71. The standard InChI is InChI=1S/C12H16FNO3/c1-8(14-6-5-12(15)16)10-4-3-9(17-2)7-11(10)13/h3-4,7-8,14H,5-6H2,1-2H3,(H,15,16). The molecule has 1 aromatic carbocycles. The highest BCUT2D eigenvalue weighted by atomic mass is 19.1. The van der Waals surface area contributed by atoms with Crippen molar-refractivity contribution in [2.24, 2.45) is 0 Å². The maximum absolute atomic E-state index is 13.6. The molecule has 1 unspecified atom stereocenters. The minimum atomic E-state index is -0.875. The third-order valence-corrected chi connectivity index (χ3v) is 2.46. The molecule has 17 heavy (non-hydrogen) atoms. The monoisotopic (exact) mass is 241 g/mol. The molecule has 0 fully saturated rings. The van der Waals surface area contributed by atoms with E-state index in [1.807, 2.05) is 0 Å². The molecule has 1 aromatic rings. The van der Waals surface area contributed by atoms with E-state index in [-0.39, 0.29) is 18.3 Å². The molecule has 94 valence electrons. The Morgan fingerprint density at radius 2 is 2.29 bits per heavy atom. The highest BCUT2D eigenvalue weighted by molar-refractivity contribution is 5.66. The van der Waals surface area contributed by atoms with Gasteiger partial charge in [0.25, 0.3) is 0 Å². The Hall–Kier alpha value is -1.62. The summed E-state index contributed by atoms with van der Waals surface area (Å²) in [6, 6.07) is 4.38. The van der Waals surface area contributed by atoms with Crippen molar-refractivity contribution in [3.63, 3.8) is 0 Å². The molecule has 0 saturated carbocycles. The van der Waals surface area contributed by atoms with E-state index < -0.39 is 5.97 Å². The average molecular weight is 241 g/mol. The summed E-state index contributed by atoms with van der Waals surface area (Å²) < 4.78 is 18.5. The number of halogens is 1. The number of rotatable bonds is 6. The number of aliphatic carboxylic acids is 1. The second-order valence-electron chi connectivity index (χ2n) is 3.71. The van der Waals surface area contributed by atoms with Crippen LogP contribution in [0.3, 0.4) is 0 Å². The number of hydrogen-bond donors (Lipinski definition) is 2. The first-order valence-electron chi connectivity index (χ1n) is 5.33. The van der Waals surface area contributed by atoms with Crippen molar-refractivity contribution >= 4 is 5.97 Å². The number of carboxylic acid groups (broad SMARTS) is 1. The number of methoxy groups -OCH3 is 1. The first-order valence-corrected chi connectivity index (χ1v) is 5.33. The van der Waals surface area contributed by atoms with Crippen LogP contribution in [-0.4, -0.2) is 24.7 Å². The Morgan fingerprint density at radius 3 is 2.82 bits per heavy atom. The van der Waals surface area contributed by atoms with Gasteiger partial charge in [-0.1, -0.05) is 6.07 Å². The number of nitrogens with one attached hydrogen (secondary N) is 1.